The monoisotopic (exact) mass is 280 g/mol. The number of carbonyl (C=O) groups is 1. The first-order valence-electron chi connectivity index (χ1n) is 6.55. The first-order valence-corrected chi connectivity index (χ1v) is 6.55. The third-order valence-electron chi connectivity index (χ3n) is 3.65. The van der Waals surface area contributed by atoms with Gasteiger partial charge in [0.1, 0.15) is 11.6 Å². The Morgan fingerprint density at radius 3 is 2.95 bits per heavy atom. The smallest absolute Gasteiger partial charge is 0.257 e. The highest BCUT2D eigenvalue weighted by Gasteiger charge is 2.29. The molecule has 1 heterocycles. The van der Waals surface area contributed by atoms with Gasteiger partial charge in [0.15, 0.2) is 0 Å². The molecule has 1 amide bonds. The first kappa shape index (κ1) is 14.3. The van der Waals surface area contributed by atoms with E-state index in [1.165, 1.54) is 6.07 Å². The number of rotatable bonds is 2. The normalized spacial score (nSPS) is 21.2. The molecular formula is C14H17FN2O3. The number of aromatic hydroxyl groups is 1. The predicted octanol–water partition coefficient (Wildman–Crippen LogP) is 2.23. The van der Waals surface area contributed by atoms with Crippen LogP contribution in [0.1, 0.15) is 30.1 Å². The van der Waals surface area contributed by atoms with E-state index in [9.17, 15) is 14.3 Å². The minimum absolute atomic E-state index is 0.00611. The van der Waals surface area contributed by atoms with Crippen LogP contribution in [0.3, 0.4) is 0 Å². The molecule has 1 saturated heterocycles. The second kappa shape index (κ2) is 5.90. The molecule has 1 aromatic carbocycles. The van der Waals surface area contributed by atoms with Gasteiger partial charge in [-0.25, -0.2) is 4.39 Å². The van der Waals surface area contributed by atoms with Crippen molar-refractivity contribution in [2.45, 2.75) is 19.8 Å². The molecule has 0 radical (unpaired) electrons. The highest BCUT2D eigenvalue weighted by atomic mass is 19.1. The van der Waals surface area contributed by atoms with Crippen LogP contribution < -0.4 is 0 Å². The van der Waals surface area contributed by atoms with Crippen molar-refractivity contribution in [2.24, 2.45) is 11.1 Å². The Bertz CT molecular complexity index is 545. The molecule has 0 saturated carbocycles. The number of piperidine rings is 1. The van der Waals surface area contributed by atoms with Crippen molar-refractivity contribution in [3.05, 3.63) is 29.6 Å². The van der Waals surface area contributed by atoms with E-state index in [-0.39, 0.29) is 17.2 Å². The van der Waals surface area contributed by atoms with Gasteiger partial charge in [0, 0.05) is 25.4 Å². The van der Waals surface area contributed by atoms with E-state index in [4.69, 9.17) is 5.21 Å². The van der Waals surface area contributed by atoms with Gasteiger partial charge in [0.05, 0.1) is 11.3 Å². The number of carbonyl (C=O) groups excluding carboxylic acids is 1. The van der Waals surface area contributed by atoms with Crippen molar-refractivity contribution in [3.8, 4) is 5.75 Å². The number of likely N-dealkylation sites (tertiary alicyclic amines) is 1. The zero-order valence-corrected chi connectivity index (χ0v) is 11.2. The maximum absolute atomic E-state index is 13.2. The molecule has 0 bridgehead atoms. The summed E-state index contributed by atoms with van der Waals surface area (Å²) in [6, 6.07) is 3.31. The van der Waals surface area contributed by atoms with Gasteiger partial charge in [0.25, 0.3) is 5.91 Å². The van der Waals surface area contributed by atoms with E-state index < -0.39 is 11.7 Å². The van der Waals surface area contributed by atoms with E-state index in [0.29, 0.717) is 25.2 Å². The minimum atomic E-state index is -0.562. The van der Waals surface area contributed by atoms with Gasteiger partial charge in [-0.3, -0.25) is 4.79 Å². The number of amides is 1. The zero-order chi connectivity index (χ0) is 14.7. The molecule has 1 aliphatic rings. The van der Waals surface area contributed by atoms with Crippen LogP contribution in [0.4, 0.5) is 4.39 Å². The number of halogens is 1. The third-order valence-corrected chi connectivity index (χ3v) is 3.65. The Hall–Kier alpha value is -2.11. The lowest BCUT2D eigenvalue weighted by atomic mass is 9.93. The van der Waals surface area contributed by atoms with Gasteiger partial charge in [-0.2, -0.15) is 0 Å². The third kappa shape index (κ3) is 2.74. The standard InChI is InChI=1S/C14H17FN2O3/c1-2-9-8-17(6-5-12(9)16-20)14(19)11-7-10(15)3-4-13(11)18/h3-4,7,9,18,20H,2,5-6,8H2,1H3/b16-12+. The largest absolute Gasteiger partial charge is 0.507 e. The average Bonchev–Trinajstić information content (AvgIpc) is 2.48. The summed E-state index contributed by atoms with van der Waals surface area (Å²) in [5.74, 6) is -1.20. The SMILES string of the molecule is CCC1CN(C(=O)c2cc(F)ccc2O)CC/C1=N\O. The van der Waals surface area contributed by atoms with Gasteiger partial charge < -0.3 is 15.2 Å². The summed E-state index contributed by atoms with van der Waals surface area (Å²) in [6.45, 7) is 2.75. The summed E-state index contributed by atoms with van der Waals surface area (Å²) < 4.78 is 13.2. The van der Waals surface area contributed by atoms with Crippen LogP contribution in [-0.4, -0.2) is 39.9 Å². The van der Waals surface area contributed by atoms with Gasteiger partial charge in [-0.15, -0.1) is 0 Å². The zero-order valence-electron chi connectivity index (χ0n) is 11.2. The second-order valence-electron chi connectivity index (χ2n) is 4.86. The number of nitrogens with zero attached hydrogens (tertiary/aromatic N) is 2. The Morgan fingerprint density at radius 2 is 2.30 bits per heavy atom. The number of phenolic OH excluding ortho intramolecular Hbond substituents is 1. The molecule has 1 aliphatic heterocycles. The Balaban J connectivity index is 2.20. The second-order valence-corrected chi connectivity index (χ2v) is 4.86. The molecule has 1 aromatic rings. The number of hydrogen-bond acceptors (Lipinski definition) is 4. The molecule has 0 aliphatic carbocycles. The van der Waals surface area contributed by atoms with E-state index >= 15 is 0 Å². The number of phenols is 1. The molecule has 0 spiro atoms. The van der Waals surface area contributed by atoms with Crippen molar-refractivity contribution < 1.29 is 19.5 Å². The number of hydrogen-bond donors (Lipinski definition) is 2. The van der Waals surface area contributed by atoms with Gasteiger partial charge >= 0.3 is 0 Å². The summed E-state index contributed by atoms with van der Waals surface area (Å²) >= 11 is 0. The molecule has 6 heteroatoms. The van der Waals surface area contributed by atoms with Crippen molar-refractivity contribution in [3.63, 3.8) is 0 Å². The van der Waals surface area contributed by atoms with Gasteiger partial charge in [0.2, 0.25) is 0 Å². The van der Waals surface area contributed by atoms with Crippen LogP contribution in [0.5, 0.6) is 5.75 Å². The highest BCUT2D eigenvalue weighted by molar-refractivity contribution is 5.98. The van der Waals surface area contributed by atoms with Crippen molar-refractivity contribution in [1.29, 1.82) is 0 Å². The lowest BCUT2D eigenvalue weighted by Gasteiger charge is -2.33. The molecular weight excluding hydrogens is 263 g/mol. The molecule has 5 nitrogen and oxygen atoms in total. The van der Waals surface area contributed by atoms with Crippen LogP contribution >= 0.6 is 0 Å². The van der Waals surface area contributed by atoms with Crippen molar-refractivity contribution >= 4 is 11.6 Å². The van der Waals surface area contributed by atoms with Gasteiger partial charge in [-0.1, -0.05) is 12.1 Å². The van der Waals surface area contributed by atoms with Crippen LogP contribution in [0.2, 0.25) is 0 Å². The van der Waals surface area contributed by atoms with Gasteiger partial charge in [-0.05, 0) is 24.6 Å². The lowest BCUT2D eigenvalue weighted by Crippen LogP contribution is -2.44. The molecule has 2 rings (SSSR count). The van der Waals surface area contributed by atoms with E-state index in [2.05, 4.69) is 5.16 Å². The summed E-state index contributed by atoms with van der Waals surface area (Å²) in [6.07, 6.45) is 1.23. The quantitative estimate of drug-likeness (QED) is 0.644. The molecule has 0 aromatic heterocycles. The minimum Gasteiger partial charge on any atom is -0.507 e. The molecule has 1 unspecified atom stereocenters. The fraction of sp³-hybridized carbons (Fsp3) is 0.429. The van der Waals surface area contributed by atoms with Crippen LogP contribution in [0.15, 0.2) is 23.4 Å². The van der Waals surface area contributed by atoms with Crippen molar-refractivity contribution in [1.82, 2.24) is 4.90 Å². The average molecular weight is 280 g/mol. The number of oxime groups is 1. The molecule has 108 valence electrons. The topological polar surface area (TPSA) is 73.1 Å². The molecule has 1 atom stereocenters. The maximum atomic E-state index is 13.2. The van der Waals surface area contributed by atoms with Crippen LogP contribution in [0, 0.1) is 11.7 Å². The van der Waals surface area contributed by atoms with Crippen molar-refractivity contribution in [2.75, 3.05) is 13.1 Å². The van der Waals surface area contributed by atoms with Crippen LogP contribution in [-0.2, 0) is 0 Å². The Morgan fingerprint density at radius 1 is 1.55 bits per heavy atom. The summed E-state index contributed by atoms with van der Waals surface area (Å²) in [7, 11) is 0. The highest BCUT2D eigenvalue weighted by Crippen LogP contribution is 2.24. The summed E-state index contributed by atoms with van der Waals surface area (Å²) in [4.78, 5) is 13.9. The predicted molar refractivity (Wildman–Crippen MR) is 71.6 cm³/mol. The fourth-order valence-electron chi connectivity index (χ4n) is 2.45. The summed E-state index contributed by atoms with van der Waals surface area (Å²) in [5, 5.41) is 21.9. The van der Waals surface area contributed by atoms with E-state index in [1.807, 2.05) is 6.92 Å². The Kier molecular flexibility index (Phi) is 4.22. The Labute approximate surface area is 116 Å². The molecule has 2 N–H and O–H groups in total. The number of benzene rings is 1. The van der Waals surface area contributed by atoms with E-state index in [1.54, 1.807) is 4.90 Å². The lowest BCUT2D eigenvalue weighted by molar-refractivity contribution is 0.0725. The molecule has 1 fully saturated rings. The maximum Gasteiger partial charge on any atom is 0.257 e. The fourth-order valence-corrected chi connectivity index (χ4v) is 2.45. The van der Waals surface area contributed by atoms with E-state index in [0.717, 1.165) is 18.6 Å². The molecule has 20 heavy (non-hydrogen) atoms. The first-order chi connectivity index (χ1) is 9.56. The summed E-state index contributed by atoms with van der Waals surface area (Å²) in [5.41, 5.74) is 0.643. The van der Waals surface area contributed by atoms with Crippen LogP contribution in [0.25, 0.3) is 0 Å².